The molecule has 55 valence electrons. The maximum atomic E-state index is 5.32. The second kappa shape index (κ2) is 8.14. The Labute approximate surface area is 59.6 Å². The van der Waals surface area contributed by atoms with Gasteiger partial charge >= 0.3 is 0 Å². The Morgan fingerprint density at radius 2 is 2.33 bits per heavy atom. The Morgan fingerprint density at radius 3 is 2.89 bits per heavy atom. The molecule has 0 bridgehead atoms. The molecule has 0 aromatic carbocycles. The van der Waals surface area contributed by atoms with Gasteiger partial charge in [0.1, 0.15) is 0 Å². The molecular formula is C6H16NOSi. The molecule has 0 aromatic rings. The van der Waals surface area contributed by atoms with Crippen molar-refractivity contribution in [3.8, 4) is 0 Å². The quantitative estimate of drug-likeness (QED) is 0.429. The summed E-state index contributed by atoms with van der Waals surface area (Å²) in [4.78, 5) is 0. The predicted octanol–water partition coefficient (Wildman–Crippen LogP) is 0.184. The zero-order valence-corrected chi connectivity index (χ0v) is 7.25. The maximum absolute atomic E-state index is 5.32. The molecule has 0 fully saturated rings. The summed E-state index contributed by atoms with van der Waals surface area (Å²) < 4.78 is 5.18. The van der Waals surface area contributed by atoms with E-state index in [-0.39, 0.29) is 0 Å². The average Bonchev–Trinajstić information content (AvgIpc) is 1.89. The lowest BCUT2D eigenvalue weighted by Gasteiger charge is -1.97. The highest BCUT2D eigenvalue weighted by Gasteiger charge is 1.86. The van der Waals surface area contributed by atoms with E-state index in [2.05, 4.69) is 0 Å². The highest BCUT2D eigenvalue weighted by atomic mass is 28.2. The molecule has 0 aromatic heterocycles. The van der Waals surface area contributed by atoms with Crippen LogP contribution < -0.4 is 5.73 Å². The van der Waals surface area contributed by atoms with Gasteiger partial charge in [-0.1, -0.05) is 6.04 Å². The van der Waals surface area contributed by atoms with Crippen molar-refractivity contribution in [1.29, 1.82) is 0 Å². The maximum Gasteiger partial charge on any atom is 0.0617 e. The first-order valence-corrected chi connectivity index (χ1v) is 5.14. The van der Waals surface area contributed by atoms with E-state index in [0.717, 1.165) is 19.4 Å². The van der Waals surface area contributed by atoms with Crippen LogP contribution in [0.3, 0.4) is 0 Å². The Bertz CT molecular complexity index is 46.3. The molecule has 3 heteroatoms. The zero-order valence-electron chi connectivity index (χ0n) is 6.10. The number of nitrogens with two attached hydrogens (primary N) is 1. The van der Waals surface area contributed by atoms with Crippen LogP contribution in [0.25, 0.3) is 0 Å². The van der Waals surface area contributed by atoms with Crippen molar-refractivity contribution in [3.63, 3.8) is 0 Å². The standard InChI is InChI=1S/C6H16NOSi/c1-2-8-6-9-5-3-4-7/h9H,2-7H2,1H3. The smallest absolute Gasteiger partial charge is 0.0617 e. The van der Waals surface area contributed by atoms with Crippen molar-refractivity contribution < 1.29 is 4.74 Å². The molecule has 0 heterocycles. The minimum atomic E-state index is 0.515. The van der Waals surface area contributed by atoms with Crippen molar-refractivity contribution in [2.75, 3.05) is 19.4 Å². The van der Waals surface area contributed by atoms with Gasteiger partial charge in [-0.05, 0) is 19.9 Å². The number of rotatable bonds is 6. The van der Waals surface area contributed by atoms with Crippen LogP contribution in [0.1, 0.15) is 13.3 Å². The summed E-state index contributed by atoms with van der Waals surface area (Å²) in [5, 5.41) is 0. The van der Waals surface area contributed by atoms with E-state index in [1.807, 2.05) is 6.92 Å². The van der Waals surface area contributed by atoms with Gasteiger partial charge in [-0.2, -0.15) is 0 Å². The molecule has 0 spiro atoms. The van der Waals surface area contributed by atoms with Crippen LogP contribution in [-0.4, -0.2) is 28.9 Å². The number of hydrogen-bond donors (Lipinski definition) is 1. The van der Waals surface area contributed by atoms with Crippen LogP contribution in [0, 0.1) is 0 Å². The summed E-state index contributed by atoms with van der Waals surface area (Å²) in [6, 6.07) is 1.29. The Hall–Kier alpha value is 0.137. The van der Waals surface area contributed by atoms with Crippen molar-refractivity contribution in [2.24, 2.45) is 5.73 Å². The average molecular weight is 146 g/mol. The SMILES string of the molecule is CCOC[SiH]CCCN. The van der Waals surface area contributed by atoms with Gasteiger partial charge in [0.05, 0.1) is 9.52 Å². The van der Waals surface area contributed by atoms with E-state index in [0.29, 0.717) is 9.52 Å². The minimum Gasteiger partial charge on any atom is -0.386 e. The Balaban J connectivity index is 2.60. The van der Waals surface area contributed by atoms with Gasteiger partial charge < -0.3 is 10.5 Å². The van der Waals surface area contributed by atoms with Crippen LogP contribution in [0.5, 0.6) is 0 Å². The van der Waals surface area contributed by atoms with Gasteiger partial charge in [0, 0.05) is 12.8 Å². The second-order valence-electron chi connectivity index (χ2n) is 1.88. The molecule has 0 aliphatic rings. The Morgan fingerprint density at radius 1 is 1.56 bits per heavy atom. The van der Waals surface area contributed by atoms with Crippen LogP contribution >= 0.6 is 0 Å². The van der Waals surface area contributed by atoms with Gasteiger partial charge in [0.25, 0.3) is 0 Å². The van der Waals surface area contributed by atoms with E-state index in [1.54, 1.807) is 0 Å². The summed E-state index contributed by atoms with van der Waals surface area (Å²) in [6.45, 7) is 3.72. The normalized spacial score (nSPS) is 10.0. The molecule has 2 N–H and O–H groups in total. The molecule has 1 radical (unpaired) electrons. The molecule has 0 unspecified atom stereocenters. The molecule has 0 rings (SSSR count). The first-order chi connectivity index (χ1) is 4.41. The molecule has 0 aliphatic heterocycles. The van der Waals surface area contributed by atoms with Crippen LogP contribution in [0.15, 0.2) is 0 Å². The van der Waals surface area contributed by atoms with E-state index >= 15 is 0 Å². The monoisotopic (exact) mass is 146 g/mol. The highest BCUT2D eigenvalue weighted by Crippen LogP contribution is 1.84. The van der Waals surface area contributed by atoms with E-state index in [1.165, 1.54) is 12.5 Å². The van der Waals surface area contributed by atoms with Gasteiger partial charge in [-0.3, -0.25) is 0 Å². The Kier molecular flexibility index (Phi) is 8.26. The fourth-order valence-corrected chi connectivity index (χ4v) is 1.64. The molecule has 2 nitrogen and oxygen atoms in total. The molecule has 9 heavy (non-hydrogen) atoms. The highest BCUT2D eigenvalue weighted by molar-refractivity contribution is 6.35. The van der Waals surface area contributed by atoms with Crippen molar-refractivity contribution in [2.45, 2.75) is 19.4 Å². The van der Waals surface area contributed by atoms with Crippen LogP contribution in [-0.2, 0) is 4.74 Å². The van der Waals surface area contributed by atoms with Gasteiger partial charge in [0.15, 0.2) is 0 Å². The topological polar surface area (TPSA) is 35.2 Å². The van der Waals surface area contributed by atoms with Gasteiger partial charge in [-0.25, -0.2) is 0 Å². The van der Waals surface area contributed by atoms with E-state index < -0.39 is 0 Å². The number of hydrogen-bond acceptors (Lipinski definition) is 2. The van der Waals surface area contributed by atoms with Gasteiger partial charge in [-0.15, -0.1) is 0 Å². The van der Waals surface area contributed by atoms with Crippen molar-refractivity contribution >= 4 is 9.52 Å². The molecule has 0 saturated heterocycles. The minimum absolute atomic E-state index is 0.515. The largest absolute Gasteiger partial charge is 0.386 e. The lowest BCUT2D eigenvalue weighted by atomic mass is 10.5. The third kappa shape index (κ3) is 8.14. The first-order valence-electron chi connectivity index (χ1n) is 3.51. The van der Waals surface area contributed by atoms with Crippen molar-refractivity contribution in [3.05, 3.63) is 0 Å². The molecule has 0 atom stereocenters. The predicted molar refractivity (Wildman–Crippen MR) is 42.1 cm³/mol. The lowest BCUT2D eigenvalue weighted by Crippen LogP contribution is -2.06. The molecule has 0 amide bonds. The second-order valence-corrected chi connectivity index (χ2v) is 3.37. The first kappa shape index (κ1) is 9.14. The van der Waals surface area contributed by atoms with E-state index in [9.17, 15) is 0 Å². The molecule has 0 aliphatic carbocycles. The van der Waals surface area contributed by atoms with E-state index in [4.69, 9.17) is 10.5 Å². The molecular weight excluding hydrogens is 130 g/mol. The summed E-state index contributed by atoms with van der Waals surface area (Å²) in [5.74, 6) is 0. The molecule has 0 saturated carbocycles. The summed E-state index contributed by atoms with van der Waals surface area (Å²) in [6.07, 6.45) is 2.15. The van der Waals surface area contributed by atoms with Crippen LogP contribution in [0.2, 0.25) is 6.04 Å². The third-order valence-electron chi connectivity index (χ3n) is 1.05. The third-order valence-corrected chi connectivity index (χ3v) is 2.34. The summed E-state index contributed by atoms with van der Waals surface area (Å²) in [7, 11) is 0.515. The van der Waals surface area contributed by atoms with Gasteiger partial charge in [0.2, 0.25) is 0 Å². The fraction of sp³-hybridized carbons (Fsp3) is 1.00. The fourth-order valence-electron chi connectivity index (χ4n) is 0.547. The summed E-state index contributed by atoms with van der Waals surface area (Å²) >= 11 is 0. The zero-order chi connectivity index (χ0) is 6.95. The van der Waals surface area contributed by atoms with Crippen LogP contribution in [0.4, 0.5) is 0 Å². The summed E-state index contributed by atoms with van der Waals surface area (Å²) in [5.41, 5.74) is 5.32. The number of ether oxygens (including phenoxy) is 1. The lowest BCUT2D eigenvalue weighted by molar-refractivity contribution is 0.192. The van der Waals surface area contributed by atoms with Crippen molar-refractivity contribution in [1.82, 2.24) is 0 Å².